The van der Waals surface area contributed by atoms with Gasteiger partial charge in [0, 0.05) is 11.6 Å². The van der Waals surface area contributed by atoms with Crippen molar-refractivity contribution in [2.24, 2.45) is 0 Å². The molecule has 26 heavy (non-hydrogen) atoms. The largest absolute Gasteiger partial charge is 0.348 e. The fourth-order valence-corrected chi connectivity index (χ4v) is 2.77. The molecule has 1 amide bonds. The number of nitrogens with zero attached hydrogens (tertiary/aromatic N) is 2. The van der Waals surface area contributed by atoms with Crippen molar-refractivity contribution in [3.63, 3.8) is 0 Å². The number of para-hydroxylation sites is 1. The highest BCUT2D eigenvalue weighted by atomic mass is 35.5. The maximum atomic E-state index is 14.2. The molecule has 0 aliphatic carbocycles. The number of nitrogens with one attached hydrogen (secondary N) is 1. The van der Waals surface area contributed by atoms with Crippen LogP contribution in [0.4, 0.5) is 4.39 Å². The number of halogens is 2. The molecular weight excluding hydrogens is 353 g/mol. The second-order valence-electron chi connectivity index (χ2n) is 6.04. The lowest BCUT2D eigenvalue weighted by molar-refractivity contribution is 0.0931. The van der Waals surface area contributed by atoms with Crippen LogP contribution in [0.15, 0.2) is 54.6 Å². The highest BCUT2D eigenvalue weighted by Gasteiger charge is 2.21. The summed E-state index contributed by atoms with van der Waals surface area (Å²) in [4.78, 5) is 12.7. The number of rotatable bonds is 5. The third-order valence-electron chi connectivity index (χ3n) is 4.16. The summed E-state index contributed by atoms with van der Waals surface area (Å²) in [5.74, 6) is -0.681. The van der Waals surface area contributed by atoms with Crippen LogP contribution in [0.2, 0.25) is 5.02 Å². The van der Waals surface area contributed by atoms with Crippen LogP contribution in [0.5, 0.6) is 0 Å². The van der Waals surface area contributed by atoms with Gasteiger partial charge in [0.05, 0.1) is 16.4 Å². The summed E-state index contributed by atoms with van der Waals surface area (Å²) in [6, 6.07) is 15.0. The molecule has 0 aliphatic rings. The fourth-order valence-electron chi connectivity index (χ4n) is 2.55. The SMILES string of the molecule is CCC(C)NC(=O)c1cc(-c2ccccc2F)nn1-c1ccccc1Cl. The minimum absolute atomic E-state index is 0.00834. The van der Waals surface area contributed by atoms with Crippen LogP contribution in [0, 0.1) is 5.82 Å². The van der Waals surface area contributed by atoms with Crippen molar-refractivity contribution in [2.45, 2.75) is 26.3 Å². The van der Waals surface area contributed by atoms with Gasteiger partial charge >= 0.3 is 0 Å². The number of hydrogen-bond acceptors (Lipinski definition) is 2. The monoisotopic (exact) mass is 371 g/mol. The molecule has 0 saturated heterocycles. The molecule has 3 aromatic rings. The number of carbonyl (C=O) groups is 1. The summed E-state index contributed by atoms with van der Waals surface area (Å²) >= 11 is 6.29. The minimum atomic E-state index is -0.398. The molecule has 0 saturated carbocycles. The molecule has 134 valence electrons. The average Bonchev–Trinajstić information content (AvgIpc) is 3.07. The molecule has 0 fully saturated rings. The Bertz CT molecular complexity index is 938. The fraction of sp³-hybridized carbons (Fsp3) is 0.200. The molecule has 1 aromatic heterocycles. The zero-order valence-electron chi connectivity index (χ0n) is 14.5. The van der Waals surface area contributed by atoms with Gasteiger partial charge in [-0.1, -0.05) is 42.8 Å². The molecule has 1 heterocycles. The van der Waals surface area contributed by atoms with Gasteiger partial charge in [-0.05, 0) is 43.7 Å². The van der Waals surface area contributed by atoms with E-state index in [1.807, 2.05) is 19.9 Å². The zero-order chi connectivity index (χ0) is 18.7. The van der Waals surface area contributed by atoms with Crippen LogP contribution in [-0.4, -0.2) is 21.7 Å². The second-order valence-corrected chi connectivity index (χ2v) is 6.45. The molecule has 4 nitrogen and oxygen atoms in total. The van der Waals surface area contributed by atoms with Gasteiger partial charge in [0.1, 0.15) is 11.5 Å². The van der Waals surface area contributed by atoms with Crippen molar-refractivity contribution in [1.82, 2.24) is 15.1 Å². The van der Waals surface area contributed by atoms with Gasteiger partial charge in [0.25, 0.3) is 5.91 Å². The van der Waals surface area contributed by atoms with E-state index in [9.17, 15) is 9.18 Å². The summed E-state index contributed by atoms with van der Waals surface area (Å²) in [5, 5.41) is 7.83. The number of benzene rings is 2. The lowest BCUT2D eigenvalue weighted by atomic mass is 10.1. The molecule has 0 aliphatic heterocycles. The summed E-state index contributed by atoms with van der Waals surface area (Å²) in [5.41, 5.74) is 1.57. The van der Waals surface area contributed by atoms with E-state index in [2.05, 4.69) is 10.4 Å². The average molecular weight is 372 g/mol. The van der Waals surface area contributed by atoms with Crippen molar-refractivity contribution in [2.75, 3.05) is 0 Å². The highest BCUT2D eigenvalue weighted by molar-refractivity contribution is 6.32. The van der Waals surface area contributed by atoms with Crippen LogP contribution in [0.3, 0.4) is 0 Å². The summed E-state index contributed by atoms with van der Waals surface area (Å²) in [7, 11) is 0. The molecule has 3 rings (SSSR count). The molecule has 0 bridgehead atoms. The predicted molar refractivity (Wildman–Crippen MR) is 101 cm³/mol. The van der Waals surface area contributed by atoms with Gasteiger partial charge in [-0.2, -0.15) is 5.10 Å². The van der Waals surface area contributed by atoms with Crippen LogP contribution in [0.1, 0.15) is 30.8 Å². The topological polar surface area (TPSA) is 46.9 Å². The Morgan fingerprint density at radius 1 is 1.23 bits per heavy atom. The molecule has 1 unspecified atom stereocenters. The Kier molecular flexibility index (Phi) is 5.38. The van der Waals surface area contributed by atoms with Gasteiger partial charge in [-0.25, -0.2) is 9.07 Å². The van der Waals surface area contributed by atoms with E-state index >= 15 is 0 Å². The maximum Gasteiger partial charge on any atom is 0.270 e. The van der Waals surface area contributed by atoms with Gasteiger partial charge in [0.2, 0.25) is 0 Å². The second kappa shape index (κ2) is 7.70. The molecule has 1 N–H and O–H groups in total. The number of aromatic nitrogens is 2. The first-order chi connectivity index (χ1) is 12.5. The van der Waals surface area contributed by atoms with E-state index in [0.29, 0.717) is 27.7 Å². The normalized spacial score (nSPS) is 12.0. The van der Waals surface area contributed by atoms with Crippen LogP contribution < -0.4 is 5.32 Å². The van der Waals surface area contributed by atoms with Crippen LogP contribution in [-0.2, 0) is 0 Å². The molecule has 6 heteroatoms. The van der Waals surface area contributed by atoms with Crippen molar-refractivity contribution in [3.05, 3.63) is 71.1 Å². The number of amides is 1. The van der Waals surface area contributed by atoms with E-state index in [-0.39, 0.29) is 11.9 Å². The van der Waals surface area contributed by atoms with E-state index in [0.717, 1.165) is 6.42 Å². The quantitative estimate of drug-likeness (QED) is 0.696. The van der Waals surface area contributed by atoms with Gasteiger partial charge in [-0.15, -0.1) is 0 Å². The molecule has 1 atom stereocenters. The first-order valence-corrected chi connectivity index (χ1v) is 8.79. The van der Waals surface area contributed by atoms with E-state index in [1.54, 1.807) is 42.5 Å². The zero-order valence-corrected chi connectivity index (χ0v) is 15.3. The standard InChI is InChI=1S/C20H19ClFN3O/c1-3-13(2)23-20(26)19-12-17(14-8-4-6-10-16(14)22)24-25(19)18-11-7-5-9-15(18)21/h4-13H,3H2,1-2H3,(H,23,26). The summed E-state index contributed by atoms with van der Waals surface area (Å²) < 4.78 is 15.6. The molecule has 0 spiro atoms. The Morgan fingerprint density at radius 3 is 2.62 bits per heavy atom. The van der Waals surface area contributed by atoms with E-state index < -0.39 is 5.82 Å². The number of carbonyl (C=O) groups excluding carboxylic acids is 1. The lowest BCUT2D eigenvalue weighted by Gasteiger charge is -2.13. The molecule has 2 aromatic carbocycles. The van der Waals surface area contributed by atoms with Crippen molar-refractivity contribution in [1.29, 1.82) is 0 Å². The molecule has 0 radical (unpaired) electrons. The Balaban J connectivity index is 2.14. The first-order valence-electron chi connectivity index (χ1n) is 8.42. The van der Waals surface area contributed by atoms with Gasteiger partial charge < -0.3 is 5.32 Å². The summed E-state index contributed by atoms with van der Waals surface area (Å²) in [6.07, 6.45) is 0.798. The van der Waals surface area contributed by atoms with Crippen molar-refractivity contribution in [3.8, 4) is 16.9 Å². The summed E-state index contributed by atoms with van der Waals surface area (Å²) in [6.45, 7) is 3.91. The Labute approximate surface area is 156 Å². The van der Waals surface area contributed by atoms with Crippen LogP contribution >= 0.6 is 11.6 Å². The third kappa shape index (κ3) is 3.63. The number of hydrogen-bond donors (Lipinski definition) is 1. The third-order valence-corrected chi connectivity index (χ3v) is 4.48. The van der Waals surface area contributed by atoms with E-state index in [4.69, 9.17) is 11.6 Å². The minimum Gasteiger partial charge on any atom is -0.348 e. The lowest BCUT2D eigenvalue weighted by Crippen LogP contribution is -2.33. The van der Waals surface area contributed by atoms with Crippen molar-refractivity contribution < 1.29 is 9.18 Å². The molecular formula is C20H19ClFN3O. The maximum absolute atomic E-state index is 14.2. The predicted octanol–water partition coefficient (Wildman–Crippen LogP) is 4.86. The Morgan fingerprint density at radius 2 is 1.92 bits per heavy atom. The van der Waals surface area contributed by atoms with Crippen LogP contribution in [0.25, 0.3) is 16.9 Å². The van der Waals surface area contributed by atoms with Gasteiger partial charge in [-0.3, -0.25) is 4.79 Å². The van der Waals surface area contributed by atoms with Crippen molar-refractivity contribution >= 4 is 17.5 Å². The van der Waals surface area contributed by atoms with Gasteiger partial charge in [0.15, 0.2) is 0 Å². The smallest absolute Gasteiger partial charge is 0.270 e. The highest BCUT2D eigenvalue weighted by Crippen LogP contribution is 2.27. The Hall–Kier alpha value is -2.66. The van der Waals surface area contributed by atoms with E-state index in [1.165, 1.54) is 10.7 Å². The first kappa shape index (κ1) is 18.1.